The number of primary amides is 1. The summed E-state index contributed by atoms with van der Waals surface area (Å²) in [6, 6.07) is 4.68. The molecule has 1 aromatic carbocycles. The van der Waals surface area contributed by atoms with Gasteiger partial charge < -0.3 is 16.2 Å². The second kappa shape index (κ2) is 5.56. The lowest BCUT2D eigenvalue weighted by atomic mass is 10.1. The molecular weight excluding hydrogens is 220 g/mol. The van der Waals surface area contributed by atoms with Gasteiger partial charge in [0.1, 0.15) is 0 Å². The third-order valence-corrected chi connectivity index (χ3v) is 1.93. The van der Waals surface area contributed by atoms with Crippen LogP contribution in [0.3, 0.4) is 0 Å². The average molecular weight is 232 g/mol. The van der Waals surface area contributed by atoms with Crippen molar-refractivity contribution in [3.8, 4) is 11.8 Å². The number of esters is 1. The van der Waals surface area contributed by atoms with Crippen LogP contribution >= 0.6 is 0 Å². The summed E-state index contributed by atoms with van der Waals surface area (Å²) in [6.07, 6.45) is -0.0645. The van der Waals surface area contributed by atoms with E-state index in [1.807, 2.05) is 0 Å². The largest absolute Gasteiger partial charge is 0.465 e. The van der Waals surface area contributed by atoms with Gasteiger partial charge in [0, 0.05) is 11.3 Å². The molecule has 0 radical (unpaired) electrons. The minimum atomic E-state index is -0.527. The number of nitrogen functional groups attached to an aromatic ring is 1. The molecule has 1 amide bonds. The summed E-state index contributed by atoms with van der Waals surface area (Å²) in [5.74, 6) is 4.20. The van der Waals surface area contributed by atoms with Crippen LogP contribution in [0, 0.1) is 11.8 Å². The topological polar surface area (TPSA) is 95.4 Å². The monoisotopic (exact) mass is 232 g/mol. The van der Waals surface area contributed by atoms with Crippen molar-refractivity contribution in [2.45, 2.75) is 6.42 Å². The summed E-state index contributed by atoms with van der Waals surface area (Å²) < 4.78 is 4.61. The number of anilines is 1. The predicted molar refractivity (Wildman–Crippen MR) is 62.9 cm³/mol. The fraction of sp³-hybridized carbons (Fsp3) is 0.167. The van der Waals surface area contributed by atoms with E-state index in [4.69, 9.17) is 11.5 Å². The molecule has 1 aromatic rings. The van der Waals surface area contributed by atoms with Gasteiger partial charge in [0.2, 0.25) is 5.91 Å². The number of methoxy groups -OCH3 is 1. The van der Waals surface area contributed by atoms with Gasteiger partial charge in [-0.05, 0) is 18.2 Å². The SMILES string of the molecule is COC(=O)c1cc(N)ccc1C#CCC(N)=O. The van der Waals surface area contributed by atoms with Crippen LogP contribution in [0.5, 0.6) is 0 Å². The Bertz CT molecular complexity index is 512. The molecule has 88 valence electrons. The Morgan fingerprint density at radius 1 is 1.41 bits per heavy atom. The van der Waals surface area contributed by atoms with Gasteiger partial charge in [-0.25, -0.2) is 4.79 Å². The molecule has 4 N–H and O–H groups in total. The molecule has 0 aliphatic carbocycles. The highest BCUT2D eigenvalue weighted by Gasteiger charge is 2.10. The van der Waals surface area contributed by atoms with Crippen LogP contribution < -0.4 is 11.5 Å². The van der Waals surface area contributed by atoms with E-state index < -0.39 is 11.9 Å². The van der Waals surface area contributed by atoms with Gasteiger partial charge in [0.05, 0.1) is 19.1 Å². The van der Waals surface area contributed by atoms with Gasteiger partial charge in [-0.2, -0.15) is 0 Å². The molecule has 0 aliphatic rings. The number of carbonyl (C=O) groups excluding carboxylic acids is 2. The van der Waals surface area contributed by atoms with Gasteiger partial charge >= 0.3 is 5.97 Å². The molecule has 1 rings (SSSR count). The normalized spacial score (nSPS) is 9.00. The first kappa shape index (κ1) is 12.6. The zero-order chi connectivity index (χ0) is 12.8. The Labute approximate surface area is 98.7 Å². The standard InChI is InChI=1S/C12H12N2O3/c1-17-12(16)10-7-9(13)6-5-8(10)3-2-4-11(14)15/h5-7H,4,13H2,1H3,(H2,14,15). The number of carbonyl (C=O) groups is 2. The zero-order valence-electron chi connectivity index (χ0n) is 9.32. The van der Waals surface area contributed by atoms with Crippen LogP contribution in [-0.2, 0) is 9.53 Å². The van der Waals surface area contributed by atoms with Crippen molar-refractivity contribution in [3.05, 3.63) is 29.3 Å². The number of rotatable bonds is 2. The first-order valence-corrected chi connectivity index (χ1v) is 4.79. The summed E-state index contributed by atoms with van der Waals surface area (Å²) >= 11 is 0. The van der Waals surface area contributed by atoms with E-state index in [0.29, 0.717) is 11.3 Å². The Balaban J connectivity index is 3.09. The Morgan fingerprint density at radius 3 is 2.71 bits per heavy atom. The van der Waals surface area contributed by atoms with Crippen molar-refractivity contribution in [2.75, 3.05) is 12.8 Å². The molecule has 0 heterocycles. The van der Waals surface area contributed by atoms with E-state index in [2.05, 4.69) is 16.6 Å². The van der Waals surface area contributed by atoms with Crippen molar-refractivity contribution in [3.63, 3.8) is 0 Å². The van der Waals surface area contributed by atoms with E-state index in [1.54, 1.807) is 12.1 Å². The quantitative estimate of drug-likeness (QED) is 0.435. The van der Waals surface area contributed by atoms with Crippen molar-refractivity contribution >= 4 is 17.6 Å². The second-order valence-electron chi connectivity index (χ2n) is 3.24. The van der Waals surface area contributed by atoms with Crippen LogP contribution in [0.2, 0.25) is 0 Å². The molecule has 5 heteroatoms. The van der Waals surface area contributed by atoms with Crippen LogP contribution in [0.1, 0.15) is 22.3 Å². The molecule has 0 bridgehead atoms. The van der Waals surface area contributed by atoms with E-state index in [-0.39, 0.29) is 12.0 Å². The number of benzene rings is 1. The lowest BCUT2D eigenvalue weighted by Crippen LogP contribution is -2.08. The second-order valence-corrected chi connectivity index (χ2v) is 3.24. The van der Waals surface area contributed by atoms with E-state index in [9.17, 15) is 9.59 Å². The zero-order valence-corrected chi connectivity index (χ0v) is 9.32. The van der Waals surface area contributed by atoms with Crippen LogP contribution in [0.4, 0.5) is 5.69 Å². The number of ether oxygens (including phenoxy) is 1. The van der Waals surface area contributed by atoms with E-state index in [0.717, 1.165) is 0 Å². The Hall–Kier alpha value is -2.48. The van der Waals surface area contributed by atoms with Crippen LogP contribution in [-0.4, -0.2) is 19.0 Å². The van der Waals surface area contributed by atoms with Crippen molar-refractivity contribution in [1.29, 1.82) is 0 Å². The summed E-state index contributed by atoms with van der Waals surface area (Å²) in [5, 5.41) is 0. The van der Waals surface area contributed by atoms with Crippen LogP contribution in [0.15, 0.2) is 18.2 Å². The summed E-state index contributed by atoms with van der Waals surface area (Å²) in [7, 11) is 1.27. The van der Waals surface area contributed by atoms with Crippen molar-refractivity contribution < 1.29 is 14.3 Å². The Kier molecular flexibility index (Phi) is 4.12. The minimum Gasteiger partial charge on any atom is -0.465 e. The smallest absolute Gasteiger partial charge is 0.339 e. The molecule has 0 aliphatic heterocycles. The average Bonchev–Trinajstić information content (AvgIpc) is 2.29. The fourth-order valence-corrected chi connectivity index (χ4v) is 1.18. The van der Waals surface area contributed by atoms with Gasteiger partial charge in [0.15, 0.2) is 0 Å². The number of amides is 1. The van der Waals surface area contributed by atoms with Crippen molar-refractivity contribution in [2.24, 2.45) is 5.73 Å². The fourth-order valence-electron chi connectivity index (χ4n) is 1.18. The van der Waals surface area contributed by atoms with Gasteiger partial charge in [-0.1, -0.05) is 11.8 Å². The van der Waals surface area contributed by atoms with E-state index >= 15 is 0 Å². The highest BCUT2D eigenvalue weighted by atomic mass is 16.5. The lowest BCUT2D eigenvalue weighted by Gasteiger charge is -2.03. The highest BCUT2D eigenvalue weighted by molar-refractivity contribution is 5.93. The molecular formula is C12H12N2O3. The first-order chi connectivity index (χ1) is 8.04. The van der Waals surface area contributed by atoms with Gasteiger partial charge in [-0.15, -0.1) is 0 Å². The van der Waals surface area contributed by atoms with Crippen molar-refractivity contribution in [1.82, 2.24) is 0 Å². The van der Waals surface area contributed by atoms with E-state index in [1.165, 1.54) is 13.2 Å². The third-order valence-electron chi connectivity index (χ3n) is 1.93. The molecule has 5 nitrogen and oxygen atoms in total. The maximum atomic E-state index is 11.4. The maximum absolute atomic E-state index is 11.4. The summed E-state index contributed by atoms with van der Waals surface area (Å²) in [5.41, 5.74) is 11.7. The molecule has 0 atom stereocenters. The summed E-state index contributed by atoms with van der Waals surface area (Å²) in [4.78, 5) is 22.0. The van der Waals surface area contributed by atoms with Crippen LogP contribution in [0.25, 0.3) is 0 Å². The molecule has 0 aromatic heterocycles. The lowest BCUT2D eigenvalue weighted by molar-refractivity contribution is -0.117. The molecule has 0 spiro atoms. The Morgan fingerprint density at radius 2 is 2.12 bits per heavy atom. The molecule has 17 heavy (non-hydrogen) atoms. The van der Waals surface area contributed by atoms with Gasteiger partial charge in [-0.3, -0.25) is 4.79 Å². The first-order valence-electron chi connectivity index (χ1n) is 4.79. The maximum Gasteiger partial charge on any atom is 0.339 e. The van der Waals surface area contributed by atoms with Gasteiger partial charge in [0.25, 0.3) is 0 Å². The summed E-state index contributed by atoms with van der Waals surface area (Å²) in [6.45, 7) is 0. The molecule has 0 unspecified atom stereocenters. The third kappa shape index (κ3) is 3.54. The molecule has 0 saturated carbocycles. The number of nitrogens with two attached hydrogens (primary N) is 2. The number of hydrogen-bond acceptors (Lipinski definition) is 4. The molecule has 0 saturated heterocycles. The number of hydrogen-bond donors (Lipinski definition) is 2. The highest BCUT2D eigenvalue weighted by Crippen LogP contribution is 2.13. The minimum absolute atomic E-state index is 0.0645. The molecule has 0 fully saturated rings. The predicted octanol–water partition coefficient (Wildman–Crippen LogP) is 0.282.